The van der Waals surface area contributed by atoms with Crippen LogP contribution in [0.3, 0.4) is 0 Å². The van der Waals surface area contributed by atoms with Crippen LogP contribution in [0.15, 0.2) is 0 Å². The van der Waals surface area contributed by atoms with Crippen LogP contribution in [0, 0.1) is 40.9 Å². The molecule has 8 unspecified atom stereocenters. The maximum absolute atomic E-state index is 14.4. The van der Waals surface area contributed by atoms with E-state index in [-0.39, 0.29) is 24.1 Å². The van der Waals surface area contributed by atoms with Gasteiger partial charge in [0.1, 0.15) is 12.2 Å². The van der Waals surface area contributed by atoms with Crippen LogP contribution in [0.2, 0.25) is 0 Å². The minimum atomic E-state index is -0.541. The van der Waals surface area contributed by atoms with Gasteiger partial charge in [0.15, 0.2) is 0 Å². The first-order valence-corrected chi connectivity index (χ1v) is 15.2. The molecular weight excluding hydrogens is 436 g/mol. The fraction of sp³-hybridized carbons (Fsp3) is 0.935. The molecule has 4 aliphatic carbocycles. The molecule has 0 saturated heterocycles. The van der Waals surface area contributed by atoms with E-state index in [4.69, 9.17) is 9.47 Å². The molecule has 4 aliphatic rings. The summed E-state index contributed by atoms with van der Waals surface area (Å²) in [4.78, 5) is 27.6. The van der Waals surface area contributed by atoms with Gasteiger partial charge in [0.2, 0.25) is 0 Å². The normalized spacial score (nSPS) is 39.7. The van der Waals surface area contributed by atoms with E-state index in [1.807, 2.05) is 0 Å². The molecule has 0 bridgehead atoms. The first kappa shape index (κ1) is 27.0. The van der Waals surface area contributed by atoms with E-state index in [2.05, 4.69) is 27.7 Å². The second kappa shape index (κ2) is 12.0. The van der Waals surface area contributed by atoms with Gasteiger partial charge in [0.25, 0.3) is 0 Å². The molecule has 0 aromatic heterocycles. The minimum Gasteiger partial charge on any atom is -0.462 e. The van der Waals surface area contributed by atoms with Gasteiger partial charge in [-0.1, -0.05) is 66.2 Å². The highest BCUT2D eigenvalue weighted by Crippen LogP contribution is 2.57. The zero-order valence-corrected chi connectivity index (χ0v) is 23.1. The summed E-state index contributed by atoms with van der Waals surface area (Å²) in [6.45, 7) is 9.14. The van der Waals surface area contributed by atoms with Crippen LogP contribution < -0.4 is 0 Å². The SMILES string of the molecule is CC1CCCCC1OC(=O)CCC(C(=O)OC1CCCCC1C)(C1CCCC1C)C1CCCC1C. The summed E-state index contributed by atoms with van der Waals surface area (Å²) < 4.78 is 12.5. The number of ether oxygens (including phenoxy) is 2. The average molecular weight is 489 g/mol. The summed E-state index contributed by atoms with van der Waals surface area (Å²) >= 11 is 0. The van der Waals surface area contributed by atoms with Crippen molar-refractivity contribution in [1.82, 2.24) is 0 Å². The molecule has 4 nitrogen and oxygen atoms in total. The average Bonchev–Trinajstić information content (AvgIpc) is 3.46. The summed E-state index contributed by atoms with van der Waals surface area (Å²) in [5, 5.41) is 0. The lowest BCUT2D eigenvalue weighted by atomic mass is 9.58. The number of hydrogen-bond donors (Lipinski definition) is 0. The Morgan fingerprint density at radius 2 is 1.06 bits per heavy atom. The summed E-state index contributed by atoms with van der Waals surface area (Å²) in [6.07, 6.45) is 17.0. The van der Waals surface area contributed by atoms with E-state index >= 15 is 0 Å². The number of hydrogen-bond acceptors (Lipinski definition) is 4. The molecule has 0 N–H and O–H groups in total. The number of carbonyl (C=O) groups is 2. The van der Waals surface area contributed by atoms with Gasteiger partial charge in [0.05, 0.1) is 5.41 Å². The Labute approximate surface area is 214 Å². The summed E-state index contributed by atoms with van der Waals surface area (Å²) in [7, 11) is 0. The predicted molar refractivity (Wildman–Crippen MR) is 140 cm³/mol. The van der Waals surface area contributed by atoms with Crippen molar-refractivity contribution in [2.45, 2.75) is 143 Å². The van der Waals surface area contributed by atoms with Crippen molar-refractivity contribution in [3.05, 3.63) is 0 Å². The molecule has 0 spiro atoms. The van der Waals surface area contributed by atoms with Crippen molar-refractivity contribution in [3.8, 4) is 0 Å². The van der Waals surface area contributed by atoms with Gasteiger partial charge in [-0.15, -0.1) is 0 Å². The third kappa shape index (κ3) is 5.93. The van der Waals surface area contributed by atoms with Crippen LogP contribution in [0.5, 0.6) is 0 Å². The highest BCUT2D eigenvalue weighted by Gasteiger charge is 2.57. The second-order valence-electron chi connectivity index (χ2n) is 13.1. The first-order chi connectivity index (χ1) is 16.8. The van der Waals surface area contributed by atoms with Crippen molar-refractivity contribution in [2.75, 3.05) is 0 Å². The Morgan fingerprint density at radius 1 is 0.600 bits per heavy atom. The molecule has 200 valence electrons. The summed E-state index contributed by atoms with van der Waals surface area (Å²) in [5.74, 6) is 2.48. The van der Waals surface area contributed by atoms with Crippen molar-refractivity contribution in [1.29, 1.82) is 0 Å². The minimum absolute atomic E-state index is 0.0348. The lowest BCUT2D eigenvalue weighted by Gasteiger charge is -2.46. The third-order valence-corrected chi connectivity index (χ3v) is 10.8. The smallest absolute Gasteiger partial charge is 0.312 e. The van der Waals surface area contributed by atoms with Crippen molar-refractivity contribution >= 4 is 11.9 Å². The maximum atomic E-state index is 14.4. The molecule has 0 radical (unpaired) electrons. The van der Waals surface area contributed by atoms with E-state index in [9.17, 15) is 9.59 Å². The zero-order chi connectivity index (χ0) is 25.0. The Bertz CT molecular complexity index is 697. The van der Waals surface area contributed by atoms with Gasteiger partial charge in [-0.25, -0.2) is 0 Å². The Hall–Kier alpha value is -1.06. The van der Waals surface area contributed by atoms with Gasteiger partial charge in [-0.3, -0.25) is 9.59 Å². The molecule has 4 fully saturated rings. The maximum Gasteiger partial charge on any atom is 0.312 e. The first-order valence-electron chi connectivity index (χ1n) is 15.2. The van der Waals surface area contributed by atoms with E-state index in [1.54, 1.807) is 0 Å². The molecule has 0 amide bonds. The van der Waals surface area contributed by atoms with Gasteiger partial charge in [0, 0.05) is 6.42 Å². The van der Waals surface area contributed by atoms with Gasteiger partial charge in [-0.2, -0.15) is 0 Å². The van der Waals surface area contributed by atoms with Crippen molar-refractivity contribution < 1.29 is 19.1 Å². The quantitative estimate of drug-likeness (QED) is 0.326. The Balaban J connectivity index is 1.57. The van der Waals surface area contributed by atoms with Crippen molar-refractivity contribution in [2.24, 2.45) is 40.9 Å². The molecule has 4 heteroatoms. The van der Waals surface area contributed by atoms with Gasteiger partial charge >= 0.3 is 11.9 Å². The monoisotopic (exact) mass is 488 g/mol. The highest BCUT2D eigenvalue weighted by atomic mass is 16.5. The van der Waals surface area contributed by atoms with Crippen LogP contribution in [0.25, 0.3) is 0 Å². The molecule has 8 atom stereocenters. The molecule has 4 rings (SSSR count). The molecule has 0 aromatic rings. The van der Waals surface area contributed by atoms with E-state index in [1.165, 1.54) is 38.5 Å². The molecule has 35 heavy (non-hydrogen) atoms. The fourth-order valence-corrected chi connectivity index (χ4v) is 8.57. The largest absolute Gasteiger partial charge is 0.462 e. The molecular formula is C31H52O4. The topological polar surface area (TPSA) is 52.6 Å². The van der Waals surface area contributed by atoms with E-state index in [0.29, 0.717) is 48.3 Å². The van der Waals surface area contributed by atoms with Crippen LogP contribution in [0.4, 0.5) is 0 Å². The standard InChI is InChI=1S/C31H52O4/c1-21-13-9-15-25(21)31(26-16-10-14-22(26)2,30(33)35-28-18-8-6-12-24(28)4)20-19-29(32)34-27-17-7-5-11-23(27)3/h21-28H,5-20H2,1-4H3. The summed E-state index contributed by atoms with van der Waals surface area (Å²) in [5.41, 5.74) is -0.541. The summed E-state index contributed by atoms with van der Waals surface area (Å²) in [6, 6.07) is 0. The molecule has 0 aliphatic heterocycles. The van der Waals surface area contributed by atoms with Crippen LogP contribution in [0.1, 0.15) is 130 Å². The predicted octanol–water partition coefficient (Wildman–Crippen LogP) is 7.87. The van der Waals surface area contributed by atoms with Gasteiger partial charge < -0.3 is 9.47 Å². The van der Waals surface area contributed by atoms with E-state index in [0.717, 1.165) is 51.4 Å². The van der Waals surface area contributed by atoms with E-state index < -0.39 is 5.41 Å². The van der Waals surface area contributed by atoms with Crippen LogP contribution in [-0.2, 0) is 19.1 Å². The zero-order valence-electron chi connectivity index (χ0n) is 23.1. The second-order valence-corrected chi connectivity index (χ2v) is 13.1. The van der Waals surface area contributed by atoms with Crippen molar-refractivity contribution in [3.63, 3.8) is 0 Å². The number of rotatable bonds is 8. The number of esters is 2. The fourth-order valence-electron chi connectivity index (χ4n) is 8.57. The highest BCUT2D eigenvalue weighted by molar-refractivity contribution is 5.79. The Kier molecular flexibility index (Phi) is 9.25. The Morgan fingerprint density at radius 3 is 1.51 bits per heavy atom. The molecule has 0 heterocycles. The van der Waals surface area contributed by atoms with Crippen LogP contribution in [-0.4, -0.2) is 24.1 Å². The third-order valence-electron chi connectivity index (χ3n) is 10.8. The molecule has 0 aromatic carbocycles. The molecule has 4 saturated carbocycles. The van der Waals surface area contributed by atoms with Gasteiger partial charge in [-0.05, 0) is 93.3 Å². The lowest BCUT2D eigenvalue weighted by molar-refractivity contribution is -0.179. The van der Waals surface area contributed by atoms with Crippen LogP contribution >= 0.6 is 0 Å². The number of carbonyl (C=O) groups excluding carboxylic acids is 2. The lowest BCUT2D eigenvalue weighted by Crippen LogP contribution is -2.50.